The highest BCUT2D eigenvalue weighted by Crippen LogP contribution is 2.04. The fourth-order valence-corrected chi connectivity index (χ4v) is 1.07. The van der Waals surface area contributed by atoms with E-state index in [1.165, 1.54) is 6.92 Å². The number of rotatable bonds is 6. The van der Waals surface area contributed by atoms with Gasteiger partial charge in [-0.2, -0.15) is 0 Å². The van der Waals surface area contributed by atoms with Crippen LogP contribution in [0.25, 0.3) is 0 Å². The van der Waals surface area contributed by atoms with Gasteiger partial charge in [-0.1, -0.05) is 19.8 Å². The molecule has 0 aliphatic heterocycles. The van der Waals surface area contributed by atoms with E-state index in [1.807, 2.05) is 0 Å². The second-order valence-electron chi connectivity index (χ2n) is 3.18. The molecule has 0 saturated heterocycles. The Bertz CT molecular complexity index is 175. The normalized spacial score (nSPS) is 12.2. The van der Waals surface area contributed by atoms with E-state index in [4.69, 9.17) is 4.74 Å². The SMILES string of the molecule is CCCCCC(=O)C(C)OC(C)=O. The quantitative estimate of drug-likeness (QED) is 0.471. The molecule has 0 fully saturated rings. The third-order valence-corrected chi connectivity index (χ3v) is 1.82. The molecule has 0 spiro atoms. The van der Waals surface area contributed by atoms with Crippen LogP contribution in [0.2, 0.25) is 0 Å². The van der Waals surface area contributed by atoms with Crippen LogP contribution in [-0.4, -0.2) is 17.9 Å². The number of carbonyl (C=O) groups excluding carboxylic acids is 2. The van der Waals surface area contributed by atoms with Crippen LogP contribution >= 0.6 is 0 Å². The smallest absolute Gasteiger partial charge is 0.303 e. The summed E-state index contributed by atoms with van der Waals surface area (Å²) in [7, 11) is 0. The monoisotopic (exact) mass is 186 g/mol. The van der Waals surface area contributed by atoms with Gasteiger partial charge in [0, 0.05) is 13.3 Å². The van der Waals surface area contributed by atoms with E-state index in [2.05, 4.69) is 6.92 Å². The third kappa shape index (κ3) is 6.31. The molecule has 0 aromatic carbocycles. The molecular weight excluding hydrogens is 168 g/mol. The van der Waals surface area contributed by atoms with Crippen molar-refractivity contribution in [3.63, 3.8) is 0 Å². The van der Waals surface area contributed by atoms with Crippen molar-refractivity contribution >= 4 is 11.8 Å². The Kier molecular flexibility index (Phi) is 6.20. The number of carbonyl (C=O) groups is 2. The molecule has 3 nitrogen and oxygen atoms in total. The molecule has 0 heterocycles. The van der Waals surface area contributed by atoms with E-state index in [1.54, 1.807) is 6.92 Å². The molecule has 76 valence electrons. The predicted molar refractivity (Wildman–Crippen MR) is 50.4 cm³/mol. The molecule has 3 heteroatoms. The van der Waals surface area contributed by atoms with Crippen LogP contribution in [0.4, 0.5) is 0 Å². The van der Waals surface area contributed by atoms with Gasteiger partial charge in [0.15, 0.2) is 11.9 Å². The lowest BCUT2D eigenvalue weighted by molar-refractivity contribution is -0.151. The minimum atomic E-state index is -0.575. The van der Waals surface area contributed by atoms with E-state index >= 15 is 0 Å². The van der Waals surface area contributed by atoms with Crippen molar-refractivity contribution < 1.29 is 14.3 Å². The molecule has 0 amide bonds. The zero-order valence-corrected chi connectivity index (χ0v) is 8.63. The van der Waals surface area contributed by atoms with E-state index < -0.39 is 12.1 Å². The molecule has 0 aromatic heterocycles. The second-order valence-corrected chi connectivity index (χ2v) is 3.18. The molecular formula is C10H18O3. The number of ketones is 1. The molecule has 13 heavy (non-hydrogen) atoms. The van der Waals surface area contributed by atoms with Crippen molar-refractivity contribution in [3.8, 4) is 0 Å². The van der Waals surface area contributed by atoms with Gasteiger partial charge >= 0.3 is 5.97 Å². The summed E-state index contributed by atoms with van der Waals surface area (Å²) in [4.78, 5) is 21.8. The van der Waals surface area contributed by atoms with Crippen LogP contribution < -0.4 is 0 Å². The lowest BCUT2D eigenvalue weighted by Gasteiger charge is -2.09. The lowest BCUT2D eigenvalue weighted by atomic mass is 10.1. The van der Waals surface area contributed by atoms with Crippen LogP contribution in [0.1, 0.15) is 46.5 Å². The Morgan fingerprint density at radius 2 is 1.92 bits per heavy atom. The highest BCUT2D eigenvalue weighted by molar-refractivity contribution is 5.84. The molecule has 1 atom stereocenters. The van der Waals surface area contributed by atoms with Crippen molar-refractivity contribution in [1.29, 1.82) is 0 Å². The molecule has 0 radical (unpaired) electrons. The summed E-state index contributed by atoms with van der Waals surface area (Å²) in [6, 6.07) is 0. The summed E-state index contributed by atoms with van der Waals surface area (Å²) in [6.45, 7) is 5.02. The Morgan fingerprint density at radius 1 is 1.31 bits per heavy atom. The van der Waals surface area contributed by atoms with E-state index in [0.717, 1.165) is 19.3 Å². The standard InChI is InChI=1S/C10H18O3/c1-4-5-6-7-10(12)8(2)13-9(3)11/h8H,4-7H2,1-3H3. The van der Waals surface area contributed by atoms with Crippen molar-refractivity contribution in [2.45, 2.75) is 52.6 Å². The second kappa shape index (κ2) is 6.63. The van der Waals surface area contributed by atoms with E-state index in [0.29, 0.717) is 6.42 Å². The van der Waals surface area contributed by atoms with Gasteiger partial charge in [0.25, 0.3) is 0 Å². The number of hydrogen-bond donors (Lipinski definition) is 0. The largest absolute Gasteiger partial charge is 0.455 e. The van der Waals surface area contributed by atoms with Gasteiger partial charge in [-0.05, 0) is 13.3 Å². The van der Waals surface area contributed by atoms with E-state index in [-0.39, 0.29) is 5.78 Å². The maximum absolute atomic E-state index is 11.3. The van der Waals surface area contributed by atoms with Crippen LogP contribution in [0, 0.1) is 0 Å². The van der Waals surface area contributed by atoms with Gasteiger partial charge in [-0.25, -0.2) is 0 Å². The van der Waals surface area contributed by atoms with E-state index in [9.17, 15) is 9.59 Å². The maximum Gasteiger partial charge on any atom is 0.303 e. The van der Waals surface area contributed by atoms with Gasteiger partial charge in [-0.3, -0.25) is 9.59 Å². The Balaban J connectivity index is 3.63. The number of ether oxygens (including phenoxy) is 1. The number of hydrogen-bond acceptors (Lipinski definition) is 3. The van der Waals surface area contributed by atoms with Gasteiger partial charge in [0.2, 0.25) is 0 Å². The van der Waals surface area contributed by atoms with Crippen molar-refractivity contribution in [2.75, 3.05) is 0 Å². The average molecular weight is 186 g/mol. The maximum atomic E-state index is 11.3. The molecule has 0 N–H and O–H groups in total. The number of esters is 1. The highest BCUT2D eigenvalue weighted by Gasteiger charge is 2.14. The summed E-state index contributed by atoms with van der Waals surface area (Å²) in [5, 5.41) is 0. The van der Waals surface area contributed by atoms with Gasteiger partial charge in [-0.15, -0.1) is 0 Å². The molecule has 1 unspecified atom stereocenters. The molecule has 0 saturated carbocycles. The summed E-state index contributed by atoms with van der Waals surface area (Å²) in [6.07, 6.45) is 2.98. The minimum absolute atomic E-state index is 0.0173. The fourth-order valence-electron chi connectivity index (χ4n) is 1.07. The Labute approximate surface area is 79.5 Å². The number of Topliss-reactive ketones (excluding diaryl/α,β-unsaturated/α-hetero) is 1. The molecule has 0 rings (SSSR count). The predicted octanol–water partition coefficient (Wildman–Crippen LogP) is 2.09. The van der Waals surface area contributed by atoms with Crippen LogP contribution in [0.3, 0.4) is 0 Å². The fraction of sp³-hybridized carbons (Fsp3) is 0.800. The first-order chi connectivity index (χ1) is 6.07. The summed E-state index contributed by atoms with van der Waals surface area (Å²) in [5.74, 6) is -0.375. The van der Waals surface area contributed by atoms with Crippen LogP contribution in [0.15, 0.2) is 0 Å². The molecule has 0 bridgehead atoms. The zero-order chi connectivity index (χ0) is 10.3. The van der Waals surface area contributed by atoms with Crippen molar-refractivity contribution in [2.24, 2.45) is 0 Å². The first-order valence-corrected chi connectivity index (χ1v) is 4.77. The molecule has 0 aliphatic carbocycles. The van der Waals surface area contributed by atoms with Gasteiger partial charge in [0.05, 0.1) is 0 Å². The molecule has 0 aromatic rings. The summed E-state index contributed by atoms with van der Waals surface area (Å²) >= 11 is 0. The minimum Gasteiger partial charge on any atom is -0.455 e. The first kappa shape index (κ1) is 12.1. The topological polar surface area (TPSA) is 43.4 Å². The first-order valence-electron chi connectivity index (χ1n) is 4.77. The van der Waals surface area contributed by atoms with Gasteiger partial charge < -0.3 is 4.74 Å². The lowest BCUT2D eigenvalue weighted by Crippen LogP contribution is -2.22. The van der Waals surface area contributed by atoms with Crippen molar-refractivity contribution in [1.82, 2.24) is 0 Å². The average Bonchev–Trinajstić information content (AvgIpc) is 2.03. The third-order valence-electron chi connectivity index (χ3n) is 1.82. The summed E-state index contributed by atoms with van der Waals surface area (Å²) in [5.41, 5.74) is 0. The highest BCUT2D eigenvalue weighted by atomic mass is 16.5. The number of unbranched alkanes of at least 4 members (excludes halogenated alkanes) is 2. The zero-order valence-electron chi connectivity index (χ0n) is 8.63. The van der Waals surface area contributed by atoms with Crippen LogP contribution in [-0.2, 0) is 14.3 Å². The summed E-state index contributed by atoms with van der Waals surface area (Å²) < 4.78 is 4.75. The van der Waals surface area contributed by atoms with Crippen LogP contribution in [0.5, 0.6) is 0 Å². The Morgan fingerprint density at radius 3 is 2.38 bits per heavy atom. The van der Waals surface area contributed by atoms with Crippen molar-refractivity contribution in [3.05, 3.63) is 0 Å². The Hall–Kier alpha value is -0.860. The molecule has 0 aliphatic rings. The van der Waals surface area contributed by atoms with Gasteiger partial charge in [0.1, 0.15) is 0 Å².